The highest BCUT2D eigenvalue weighted by atomic mass is 16.5. The lowest BCUT2D eigenvalue weighted by atomic mass is 10.1. The van der Waals surface area contributed by atoms with Gasteiger partial charge in [-0.3, -0.25) is 9.69 Å². The lowest BCUT2D eigenvalue weighted by molar-refractivity contribution is 0.0635. The first kappa shape index (κ1) is 22.0. The van der Waals surface area contributed by atoms with E-state index in [4.69, 9.17) is 4.52 Å². The average Bonchev–Trinajstić information content (AvgIpc) is 3.28. The van der Waals surface area contributed by atoms with Gasteiger partial charge >= 0.3 is 0 Å². The standard InChI is InChI=1S/C25H31N5O2/c1-19-6-8-20(9-7-19)24-26-23(32-27-24)5-4-14-29-15-17-30(18-16-29)25(31)21-10-12-22(13-11-21)28(2)3/h6-13H,4-5,14-18H2,1-3H3. The van der Waals surface area contributed by atoms with E-state index in [-0.39, 0.29) is 5.91 Å². The molecular weight excluding hydrogens is 402 g/mol. The topological polar surface area (TPSA) is 65.7 Å². The van der Waals surface area contributed by atoms with E-state index in [0.29, 0.717) is 11.7 Å². The zero-order valence-corrected chi connectivity index (χ0v) is 19.1. The molecular formula is C25H31N5O2. The van der Waals surface area contributed by atoms with Crippen LogP contribution in [0, 0.1) is 6.92 Å². The third-order valence-electron chi connectivity index (χ3n) is 5.93. The van der Waals surface area contributed by atoms with Crippen molar-refractivity contribution in [3.63, 3.8) is 0 Å². The maximum atomic E-state index is 12.8. The fourth-order valence-electron chi connectivity index (χ4n) is 3.89. The molecule has 3 aromatic rings. The van der Waals surface area contributed by atoms with E-state index < -0.39 is 0 Å². The van der Waals surface area contributed by atoms with Gasteiger partial charge in [-0.1, -0.05) is 35.0 Å². The molecule has 2 aromatic carbocycles. The van der Waals surface area contributed by atoms with Crippen molar-refractivity contribution in [3.05, 3.63) is 65.5 Å². The number of aromatic nitrogens is 2. The van der Waals surface area contributed by atoms with Crippen molar-refractivity contribution in [1.82, 2.24) is 19.9 Å². The number of carbonyl (C=O) groups excluding carboxylic acids is 1. The number of piperazine rings is 1. The number of nitrogens with zero attached hydrogens (tertiary/aromatic N) is 5. The van der Waals surface area contributed by atoms with Gasteiger partial charge in [0, 0.05) is 63.5 Å². The van der Waals surface area contributed by atoms with E-state index in [9.17, 15) is 4.79 Å². The first-order valence-corrected chi connectivity index (χ1v) is 11.2. The molecule has 7 nitrogen and oxygen atoms in total. The Kier molecular flexibility index (Phi) is 6.85. The molecule has 7 heteroatoms. The predicted molar refractivity (Wildman–Crippen MR) is 126 cm³/mol. The van der Waals surface area contributed by atoms with Gasteiger partial charge in [-0.2, -0.15) is 4.98 Å². The molecule has 0 atom stereocenters. The molecule has 0 radical (unpaired) electrons. The third-order valence-corrected chi connectivity index (χ3v) is 5.93. The molecule has 1 saturated heterocycles. The fourth-order valence-corrected chi connectivity index (χ4v) is 3.89. The van der Waals surface area contributed by atoms with Crippen molar-refractivity contribution in [1.29, 1.82) is 0 Å². The molecule has 0 bridgehead atoms. The van der Waals surface area contributed by atoms with Gasteiger partial charge < -0.3 is 14.3 Å². The number of rotatable bonds is 7. The quantitative estimate of drug-likeness (QED) is 0.568. The Balaban J connectivity index is 1.21. The van der Waals surface area contributed by atoms with Crippen LogP contribution in [0.15, 0.2) is 53.1 Å². The molecule has 0 saturated carbocycles. The van der Waals surface area contributed by atoms with Gasteiger partial charge in [-0.05, 0) is 44.2 Å². The van der Waals surface area contributed by atoms with Gasteiger partial charge in [-0.15, -0.1) is 0 Å². The summed E-state index contributed by atoms with van der Waals surface area (Å²) < 4.78 is 5.42. The van der Waals surface area contributed by atoms with Crippen molar-refractivity contribution < 1.29 is 9.32 Å². The van der Waals surface area contributed by atoms with E-state index in [1.54, 1.807) is 0 Å². The number of carbonyl (C=O) groups is 1. The van der Waals surface area contributed by atoms with Crippen LogP contribution in [-0.4, -0.2) is 72.7 Å². The zero-order chi connectivity index (χ0) is 22.5. The summed E-state index contributed by atoms with van der Waals surface area (Å²) in [6.45, 7) is 6.31. The third kappa shape index (κ3) is 5.34. The van der Waals surface area contributed by atoms with Crippen LogP contribution < -0.4 is 4.90 Å². The molecule has 32 heavy (non-hydrogen) atoms. The maximum Gasteiger partial charge on any atom is 0.253 e. The monoisotopic (exact) mass is 433 g/mol. The van der Waals surface area contributed by atoms with Crippen LogP contribution in [-0.2, 0) is 6.42 Å². The van der Waals surface area contributed by atoms with Gasteiger partial charge in [0.05, 0.1) is 0 Å². The average molecular weight is 434 g/mol. The highest BCUT2D eigenvalue weighted by Crippen LogP contribution is 2.18. The Morgan fingerprint density at radius 1 is 1.00 bits per heavy atom. The van der Waals surface area contributed by atoms with Crippen LogP contribution in [0.25, 0.3) is 11.4 Å². The van der Waals surface area contributed by atoms with Gasteiger partial charge in [0.25, 0.3) is 5.91 Å². The summed E-state index contributed by atoms with van der Waals surface area (Å²) in [4.78, 5) is 23.7. The van der Waals surface area contributed by atoms with E-state index in [1.807, 2.05) is 60.3 Å². The first-order chi connectivity index (χ1) is 15.5. The van der Waals surface area contributed by atoms with Crippen molar-refractivity contribution in [2.45, 2.75) is 19.8 Å². The minimum Gasteiger partial charge on any atom is -0.378 e. The second-order valence-corrected chi connectivity index (χ2v) is 8.56. The first-order valence-electron chi connectivity index (χ1n) is 11.2. The number of anilines is 1. The smallest absolute Gasteiger partial charge is 0.253 e. The van der Waals surface area contributed by atoms with Crippen molar-refractivity contribution in [2.24, 2.45) is 0 Å². The van der Waals surface area contributed by atoms with Crippen LogP contribution in [0.1, 0.15) is 28.2 Å². The Morgan fingerprint density at radius 2 is 1.69 bits per heavy atom. The van der Waals surface area contributed by atoms with Crippen LogP contribution in [0.2, 0.25) is 0 Å². The second kappa shape index (κ2) is 9.96. The van der Waals surface area contributed by atoms with Crippen LogP contribution in [0.3, 0.4) is 0 Å². The Hall–Kier alpha value is -3.19. The van der Waals surface area contributed by atoms with Crippen molar-refractivity contribution >= 4 is 11.6 Å². The molecule has 0 aliphatic carbocycles. The van der Waals surface area contributed by atoms with Gasteiger partial charge in [0.15, 0.2) is 0 Å². The van der Waals surface area contributed by atoms with E-state index in [2.05, 4.69) is 34.1 Å². The van der Waals surface area contributed by atoms with Gasteiger partial charge in [0.1, 0.15) is 0 Å². The number of hydrogen-bond donors (Lipinski definition) is 0. The molecule has 1 aliphatic heterocycles. The molecule has 4 rings (SSSR count). The molecule has 2 heterocycles. The van der Waals surface area contributed by atoms with Gasteiger partial charge in [0.2, 0.25) is 11.7 Å². The largest absolute Gasteiger partial charge is 0.378 e. The summed E-state index contributed by atoms with van der Waals surface area (Å²) in [7, 11) is 3.99. The number of aryl methyl sites for hydroxylation is 2. The van der Waals surface area contributed by atoms with E-state index in [1.165, 1.54) is 5.56 Å². The molecule has 0 N–H and O–H groups in total. The lowest BCUT2D eigenvalue weighted by Gasteiger charge is -2.34. The Labute approximate surface area is 189 Å². The van der Waals surface area contributed by atoms with E-state index >= 15 is 0 Å². The van der Waals surface area contributed by atoms with Gasteiger partial charge in [-0.25, -0.2) is 0 Å². The number of benzene rings is 2. The number of hydrogen-bond acceptors (Lipinski definition) is 6. The lowest BCUT2D eigenvalue weighted by Crippen LogP contribution is -2.48. The highest BCUT2D eigenvalue weighted by molar-refractivity contribution is 5.94. The summed E-state index contributed by atoms with van der Waals surface area (Å²) in [5.41, 5.74) is 4.03. The Bertz CT molecular complexity index is 1020. The summed E-state index contributed by atoms with van der Waals surface area (Å²) in [5, 5.41) is 4.11. The minimum atomic E-state index is 0.115. The summed E-state index contributed by atoms with van der Waals surface area (Å²) in [6, 6.07) is 15.9. The second-order valence-electron chi connectivity index (χ2n) is 8.56. The predicted octanol–water partition coefficient (Wildman–Crippen LogP) is 3.50. The van der Waals surface area contributed by atoms with Crippen LogP contribution >= 0.6 is 0 Å². The molecule has 1 aromatic heterocycles. The Morgan fingerprint density at radius 3 is 2.34 bits per heavy atom. The highest BCUT2D eigenvalue weighted by Gasteiger charge is 2.22. The molecule has 1 aliphatic rings. The normalized spacial score (nSPS) is 14.5. The van der Waals surface area contributed by atoms with Crippen LogP contribution in [0.5, 0.6) is 0 Å². The van der Waals surface area contributed by atoms with Crippen molar-refractivity contribution in [2.75, 3.05) is 51.7 Å². The number of amides is 1. The molecule has 1 fully saturated rings. The summed E-state index contributed by atoms with van der Waals surface area (Å²) in [5.74, 6) is 1.44. The molecule has 0 unspecified atom stereocenters. The van der Waals surface area contributed by atoms with Crippen molar-refractivity contribution in [3.8, 4) is 11.4 Å². The SMILES string of the molecule is Cc1ccc(-c2noc(CCCN3CCN(C(=O)c4ccc(N(C)C)cc4)CC3)n2)cc1. The molecule has 1 amide bonds. The fraction of sp³-hybridized carbons (Fsp3) is 0.400. The maximum absolute atomic E-state index is 12.8. The summed E-state index contributed by atoms with van der Waals surface area (Å²) >= 11 is 0. The zero-order valence-electron chi connectivity index (χ0n) is 19.1. The molecule has 168 valence electrons. The minimum absolute atomic E-state index is 0.115. The summed E-state index contributed by atoms with van der Waals surface area (Å²) in [6.07, 6.45) is 1.71. The van der Waals surface area contributed by atoms with E-state index in [0.717, 1.165) is 62.4 Å². The van der Waals surface area contributed by atoms with Crippen LogP contribution in [0.4, 0.5) is 5.69 Å². The molecule has 0 spiro atoms.